The third kappa shape index (κ3) is 8.51. The van der Waals surface area contributed by atoms with Crippen molar-refractivity contribution in [1.82, 2.24) is 10.7 Å². The molecular formula is C27H29N3O5. The lowest BCUT2D eigenvalue weighted by molar-refractivity contribution is -0.123. The molecular weight excluding hydrogens is 446 g/mol. The second-order valence-electron chi connectivity index (χ2n) is 7.60. The number of carbonyl (C=O) groups excluding carboxylic acids is 2. The summed E-state index contributed by atoms with van der Waals surface area (Å²) in [5.74, 6) is 1.30. The van der Waals surface area contributed by atoms with E-state index in [9.17, 15) is 9.59 Å². The highest BCUT2D eigenvalue weighted by molar-refractivity contribution is 5.83. The van der Waals surface area contributed by atoms with Gasteiger partial charge in [-0.05, 0) is 59.5 Å². The normalized spacial score (nSPS) is 10.6. The number of rotatable bonds is 12. The topological polar surface area (TPSA) is 98.3 Å². The molecule has 0 unspecified atom stereocenters. The number of hydrazone groups is 1. The predicted octanol–water partition coefficient (Wildman–Crippen LogP) is 3.13. The van der Waals surface area contributed by atoms with E-state index in [1.807, 2.05) is 30.3 Å². The van der Waals surface area contributed by atoms with Crippen LogP contribution in [0.4, 0.5) is 0 Å². The van der Waals surface area contributed by atoms with Gasteiger partial charge in [0.2, 0.25) is 5.91 Å². The molecule has 0 aliphatic carbocycles. The van der Waals surface area contributed by atoms with Crippen LogP contribution in [0.25, 0.3) is 0 Å². The number of nitrogens with one attached hydrogen (secondary N) is 2. The van der Waals surface area contributed by atoms with Crippen LogP contribution in [0.15, 0.2) is 77.9 Å². The summed E-state index contributed by atoms with van der Waals surface area (Å²) < 4.78 is 16.0. The molecule has 35 heavy (non-hydrogen) atoms. The zero-order valence-corrected chi connectivity index (χ0v) is 19.8. The molecule has 0 atom stereocenters. The number of ether oxygens (including phenoxy) is 3. The van der Waals surface area contributed by atoms with E-state index < -0.39 is 0 Å². The van der Waals surface area contributed by atoms with Crippen molar-refractivity contribution >= 4 is 18.0 Å². The lowest BCUT2D eigenvalue weighted by Crippen LogP contribution is -2.30. The first-order chi connectivity index (χ1) is 17.1. The van der Waals surface area contributed by atoms with Crippen LogP contribution in [0, 0.1) is 0 Å². The molecule has 0 fully saturated rings. The maximum absolute atomic E-state index is 12.2. The van der Waals surface area contributed by atoms with E-state index in [2.05, 4.69) is 15.8 Å². The Hall–Kier alpha value is -4.33. The number of methoxy groups -OCH3 is 2. The minimum Gasteiger partial charge on any atom is -0.493 e. The number of amides is 2. The first-order valence-corrected chi connectivity index (χ1v) is 11.1. The summed E-state index contributed by atoms with van der Waals surface area (Å²) in [4.78, 5) is 24.1. The largest absolute Gasteiger partial charge is 0.493 e. The summed E-state index contributed by atoms with van der Waals surface area (Å²) >= 11 is 0. The Kier molecular flexibility index (Phi) is 9.68. The van der Waals surface area contributed by atoms with Gasteiger partial charge in [-0.15, -0.1) is 0 Å². The van der Waals surface area contributed by atoms with Crippen LogP contribution in [0.3, 0.4) is 0 Å². The number of hydrogen-bond donors (Lipinski definition) is 2. The van der Waals surface area contributed by atoms with Gasteiger partial charge in [0.05, 0.1) is 26.9 Å². The zero-order valence-electron chi connectivity index (χ0n) is 19.8. The minimum absolute atomic E-state index is 0.0611. The van der Waals surface area contributed by atoms with Gasteiger partial charge in [0, 0.05) is 6.54 Å². The maximum atomic E-state index is 12.2. The van der Waals surface area contributed by atoms with E-state index in [-0.39, 0.29) is 24.8 Å². The quantitative estimate of drug-likeness (QED) is 0.310. The average Bonchev–Trinajstić information content (AvgIpc) is 2.88. The first-order valence-electron chi connectivity index (χ1n) is 11.1. The van der Waals surface area contributed by atoms with Gasteiger partial charge >= 0.3 is 0 Å². The third-order valence-electron chi connectivity index (χ3n) is 5.04. The first kappa shape index (κ1) is 25.3. The lowest BCUT2D eigenvalue weighted by Gasteiger charge is -2.09. The molecule has 8 nitrogen and oxygen atoms in total. The molecule has 0 saturated carbocycles. The van der Waals surface area contributed by atoms with Crippen molar-refractivity contribution in [1.29, 1.82) is 0 Å². The van der Waals surface area contributed by atoms with Crippen LogP contribution < -0.4 is 25.0 Å². The van der Waals surface area contributed by atoms with Crippen LogP contribution in [-0.2, 0) is 22.4 Å². The number of benzene rings is 3. The Morgan fingerprint density at radius 2 is 1.60 bits per heavy atom. The molecule has 2 amide bonds. The Balaban J connectivity index is 1.38. The van der Waals surface area contributed by atoms with E-state index in [1.54, 1.807) is 56.7 Å². The average molecular weight is 476 g/mol. The fraction of sp³-hybridized carbons (Fsp3) is 0.222. The summed E-state index contributed by atoms with van der Waals surface area (Å²) in [5, 5.41) is 6.83. The smallest absolute Gasteiger partial charge is 0.257 e. The van der Waals surface area contributed by atoms with Gasteiger partial charge in [-0.2, -0.15) is 5.10 Å². The monoisotopic (exact) mass is 475 g/mol. The van der Waals surface area contributed by atoms with Crippen molar-refractivity contribution in [2.75, 3.05) is 27.4 Å². The molecule has 2 N–H and O–H groups in total. The molecule has 0 spiro atoms. The number of carbonyl (C=O) groups is 2. The van der Waals surface area contributed by atoms with E-state index in [0.29, 0.717) is 23.8 Å². The molecule has 8 heteroatoms. The molecule has 0 aromatic heterocycles. The van der Waals surface area contributed by atoms with Gasteiger partial charge in [-0.1, -0.05) is 36.4 Å². The Morgan fingerprint density at radius 1 is 0.857 bits per heavy atom. The Bertz CT molecular complexity index is 1130. The maximum Gasteiger partial charge on any atom is 0.257 e. The van der Waals surface area contributed by atoms with Crippen molar-refractivity contribution in [2.45, 2.75) is 12.8 Å². The number of nitrogens with zero attached hydrogens (tertiary/aromatic N) is 1. The van der Waals surface area contributed by atoms with Crippen LogP contribution in [-0.4, -0.2) is 45.4 Å². The molecule has 0 radical (unpaired) electrons. The van der Waals surface area contributed by atoms with Crippen molar-refractivity contribution in [3.8, 4) is 17.2 Å². The van der Waals surface area contributed by atoms with Gasteiger partial charge in [0.25, 0.3) is 5.91 Å². The highest BCUT2D eigenvalue weighted by Crippen LogP contribution is 2.27. The van der Waals surface area contributed by atoms with Crippen LogP contribution in [0.2, 0.25) is 0 Å². The van der Waals surface area contributed by atoms with Crippen molar-refractivity contribution < 1.29 is 23.8 Å². The van der Waals surface area contributed by atoms with E-state index >= 15 is 0 Å². The lowest BCUT2D eigenvalue weighted by atomic mass is 10.1. The second kappa shape index (κ2) is 13.4. The standard InChI is InChI=1S/C27H29N3O5/c1-33-24-13-10-22(16-25(24)34-2)17-26(31)30-29-18-21-8-11-23(12-9-21)35-19-27(32)28-15-14-20-6-4-3-5-7-20/h3-13,16,18H,14-15,17,19H2,1-2H3,(H,28,32)(H,30,31)/b29-18+. The van der Waals surface area contributed by atoms with Gasteiger partial charge < -0.3 is 19.5 Å². The van der Waals surface area contributed by atoms with Crippen molar-refractivity contribution in [2.24, 2.45) is 5.10 Å². The van der Waals surface area contributed by atoms with Gasteiger partial charge in [-0.25, -0.2) is 5.43 Å². The molecule has 3 rings (SSSR count). The summed E-state index contributed by atoms with van der Waals surface area (Å²) in [6, 6.07) is 22.3. The van der Waals surface area contributed by atoms with Crippen molar-refractivity contribution in [3.63, 3.8) is 0 Å². The van der Waals surface area contributed by atoms with Gasteiger partial charge in [-0.3, -0.25) is 9.59 Å². The molecule has 3 aromatic rings. The molecule has 0 saturated heterocycles. The van der Waals surface area contributed by atoms with E-state index in [1.165, 1.54) is 11.8 Å². The SMILES string of the molecule is COc1ccc(CC(=O)N/N=C/c2ccc(OCC(=O)NCCc3ccccc3)cc2)cc1OC. The fourth-order valence-corrected chi connectivity index (χ4v) is 3.24. The fourth-order valence-electron chi connectivity index (χ4n) is 3.24. The van der Waals surface area contributed by atoms with Crippen LogP contribution in [0.5, 0.6) is 17.2 Å². The highest BCUT2D eigenvalue weighted by atomic mass is 16.5. The Labute approximate surface area is 204 Å². The summed E-state index contributed by atoms with van der Waals surface area (Å²) in [5.41, 5.74) is 5.23. The van der Waals surface area contributed by atoms with Gasteiger partial charge in [0.15, 0.2) is 18.1 Å². The zero-order chi connectivity index (χ0) is 24.9. The summed E-state index contributed by atoms with van der Waals surface area (Å²) in [7, 11) is 3.10. The molecule has 0 heterocycles. The molecule has 0 aliphatic rings. The second-order valence-corrected chi connectivity index (χ2v) is 7.60. The highest BCUT2D eigenvalue weighted by Gasteiger charge is 2.08. The van der Waals surface area contributed by atoms with Crippen molar-refractivity contribution in [3.05, 3.63) is 89.5 Å². The molecule has 182 valence electrons. The van der Waals surface area contributed by atoms with Crippen LogP contribution in [0.1, 0.15) is 16.7 Å². The molecule has 3 aromatic carbocycles. The predicted molar refractivity (Wildman–Crippen MR) is 134 cm³/mol. The minimum atomic E-state index is -0.258. The Morgan fingerprint density at radius 3 is 2.31 bits per heavy atom. The van der Waals surface area contributed by atoms with E-state index in [0.717, 1.165) is 17.5 Å². The van der Waals surface area contributed by atoms with Gasteiger partial charge in [0.1, 0.15) is 5.75 Å². The summed E-state index contributed by atoms with van der Waals surface area (Å²) in [6.45, 7) is 0.494. The molecule has 0 bridgehead atoms. The van der Waals surface area contributed by atoms with Crippen LogP contribution >= 0.6 is 0 Å². The summed E-state index contributed by atoms with van der Waals surface area (Å²) in [6.07, 6.45) is 2.45. The number of hydrogen-bond acceptors (Lipinski definition) is 6. The third-order valence-corrected chi connectivity index (χ3v) is 5.04. The molecule has 0 aliphatic heterocycles. The van der Waals surface area contributed by atoms with E-state index in [4.69, 9.17) is 14.2 Å².